The van der Waals surface area contributed by atoms with E-state index in [0.717, 1.165) is 23.2 Å². The molecule has 0 saturated heterocycles. The quantitative estimate of drug-likeness (QED) is 0.573. The number of halogens is 2. The van der Waals surface area contributed by atoms with Gasteiger partial charge in [-0.15, -0.1) is 0 Å². The largest absolute Gasteiger partial charge is 0.438 e. The van der Waals surface area contributed by atoms with E-state index in [9.17, 15) is 13.6 Å². The molecular weight excluding hydrogens is 382 g/mol. The number of pyridine rings is 1. The molecule has 1 aliphatic rings. The van der Waals surface area contributed by atoms with Crippen LogP contribution in [0.15, 0.2) is 41.5 Å². The first-order chi connectivity index (χ1) is 14.1. The lowest BCUT2D eigenvalue weighted by molar-refractivity contribution is 0.0638. The minimum absolute atomic E-state index is 0.301. The molecule has 1 N–H and O–H groups in total. The van der Waals surface area contributed by atoms with Crippen molar-refractivity contribution in [3.8, 4) is 0 Å². The SMILES string of the molecule is Cc1c(C2c3nc[nH]c3CCN2C(=O)c2ocnc2C(F)F)nn2ccccc12. The lowest BCUT2D eigenvalue weighted by atomic mass is 9.97. The number of rotatable bonds is 3. The molecule has 0 aliphatic carbocycles. The van der Waals surface area contributed by atoms with Crippen LogP contribution < -0.4 is 0 Å². The highest BCUT2D eigenvalue weighted by atomic mass is 19.3. The molecule has 0 aromatic carbocycles. The van der Waals surface area contributed by atoms with Gasteiger partial charge in [0.2, 0.25) is 5.76 Å². The topological polar surface area (TPSA) is 92.3 Å². The molecule has 5 heterocycles. The summed E-state index contributed by atoms with van der Waals surface area (Å²) in [7, 11) is 0. The summed E-state index contributed by atoms with van der Waals surface area (Å²) in [6, 6.07) is 5.06. The van der Waals surface area contributed by atoms with E-state index in [1.165, 1.54) is 4.90 Å². The Morgan fingerprint density at radius 3 is 2.97 bits per heavy atom. The maximum atomic E-state index is 13.3. The van der Waals surface area contributed by atoms with Crippen LogP contribution in [-0.4, -0.2) is 41.9 Å². The summed E-state index contributed by atoms with van der Waals surface area (Å²) in [5.41, 5.74) is 3.29. The Labute approximate surface area is 163 Å². The number of amides is 1. The average Bonchev–Trinajstić information content (AvgIpc) is 3.45. The minimum Gasteiger partial charge on any atom is -0.438 e. The van der Waals surface area contributed by atoms with E-state index in [4.69, 9.17) is 4.42 Å². The van der Waals surface area contributed by atoms with E-state index in [1.807, 2.05) is 31.3 Å². The monoisotopic (exact) mass is 398 g/mol. The molecule has 0 fully saturated rings. The fourth-order valence-electron chi connectivity index (χ4n) is 3.87. The van der Waals surface area contributed by atoms with E-state index < -0.39 is 29.8 Å². The van der Waals surface area contributed by atoms with Gasteiger partial charge < -0.3 is 14.3 Å². The first-order valence-electron chi connectivity index (χ1n) is 9.04. The van der Waals surface area contributed by atoms with Gasteiger partial charge in [0.05, 0.1) is 23.2 Å². The van der Waals surface area contributed by atoms with Crippen molar-refractivity contribution in [2.24, 2.45) is 0 Å². The van der Waals surface area contributed by atoms with Gasteiger partial charge >= 0.3 is 0 Å². The molecule has 0 radical (unpaired) electrons. The third-order valence-electron chi connectivity index (χ3n) is 5.26. The summed E-state index contributed by atoms with van der Waals surface area (Å²) in [6.07, 6.45) is 1.85. The van der Waals surface area contributed by atoms with Gasteiger partial charge in [-0.05, 0) is 19.1 Å². The zero-order valence-corrected chi connectivity index (χ0v) is 15.3. The van der Waals surface area contributed by atoms with Gasteiger partial charge in [-0.2, -0.15) is 5.10 Å². The number of imidazole rings is 1. The number of carbonyl (C=O) groups is 1. The highest BCUT2D eigenvalue weighted by molar-refractivity contribution is 5.93. The summed E-state index contributed by atoms with van der Waals surface area (Å²) in [4.78, 5) is 25.7. The Hall–Kier alpha value is -3.56. The molecule has 1 aliphatic heterocycles. The van der Waals surface area contributed by atoms with Crippen molar-refractivity contribution in [2.45, 2.75) is 25.8 Å². The maximum Gasteiger partial charge on any atom is 0.292 e. The molecule has 0 saturated carbocycles. The zero-order valence-electron chi connectivity index (χ0n) is 15.3. The predicted molar refractivity (Wildman–Crippen MR) is 96.6 cm³/mol. The van der Waals surface area contributed by atoms with Gasteiger partial charge in [0.25, 0.3) is 12.3 Å². The van der Waals surface area contributed by atoms with Crippen LogP contribution >= 0.6 is 0 Å². The van der Waals surface area contributed by atoms with Crippen molar-refractivity contribution >= 4 is 11.4 Å². The second-order valence-electron chi connectivity index (χ2n) is 6.83. The smallest absolute Gasteiger partial charge is 0.292 e. The Kier molecular flexibility index (Phi) is 3.93. The summed E-state index contributed by atoms with van der Waals surface area (Å²) in [6.45, 7) is 2.22. The van der Waals surface area contributed by atoms with Gasteiger partial charge in [0.15, 0.2) is 12.1 Å². The molecule has 5 rings (SSSR count). The summed E-state index contributed by atoms with van der Waals surface area (Å²) in [5, 5.41) is 4.66. The van der Waals surface area contributed by atoms with Crippen LogP contribution in [0.4, 0.5) is 8.78 Å². The second-order valence-corrected chi connectivity index (χ2v) is 6.83. The molecule has 1 atom stereocenters. The number of fused-ring (bicyclic) bond motifs is 2. The number of carbonyl (C=O) groups excluding carboxylic acids is 1. The third kappa shape index (κ3) is 2.63. The molecule has 10 heteroatoms. The average molecular weight is 398 g/mol. The highest BCUT2D eigenvalue weighted by Gasteiger charge is 2.39. The van der Waals surface area contributed by atoms with Gasteiger partial charge in [0, 0.05) is 30.4 Å². The molecule has 148 valence electrons. The van der Waals surface area contributed by atoms with Crippen molar-refractivity contribution in [3.05, 3.63) is 71.2 Å². The number of aryl methyl sites for hydroxylation is 1. The lowest BCUT2D eigenvalue weighted by Gasteiger charge is -2.33. The summed E-state index contributed by atoms with van der Waals surface area (Å²) in [5.74, 6) is -1.11. The second kappa shape index (κ2) is 6.50. The van der Waals surface area contributed by atoms with Crippen LogP contribution in [0.1, 0.15) is 51.4 Å². The van der Waals surface area contributed by atoms with Crippen LogP contribution in [0.2, 0.25) is 0 Å². The number of nitrogens with zero attached hydrogens (tertiary/aromatic N) is 5. The molecule has 4 aromatic heterocycles. The highest BCUT2D eigenvalue weighted by Crippen LogP contribution is 2.37. The summed E-state index contributed by atoms with van der Waals surface area (Å²) >= 11 is 0. The van der Waals surface area contributed by atoms with Gasteiger partial charge in [0.1, 0.15) is 6.04 Å². The minimum atomic E-state index is -2.91. The Bertz CT molecular complexity index is 1210. The first kappa shape index (κ1) is 17.5. The fraction of sp³-hybridized carbons (Fsp3) is 0.263. The fourth-order valence-corrected chi connectivity index (χ4v) is 3.87. The number of aromatic nitrogens is 5. The normalized spacial score (nSPS) is 16.6. The van der Waals surface area contributed by atoms with Crippen molar-refractivity contribution in [2.75, 3.05) is 6.54 Å². The van der Waals surface area contributed by atoms with E-state index in [0.29, 0.717) is 24.4 Å². The maximum absolute atomic E-state index is 13.3. The molecular formula is C19H16F2N6O2. The number of aromatic amines is 1. The number of nitrogens with one attached hydrogen (secondary N) is 1. The molecule has 4 aromatic rings. The van der Waals surface area contributed by atoms with Crippen LogP contribution in [0.3, 0.4) is 0 Å². The molecule has 1 unspecified atom stereocenters. The van der Waals surface area contributed by atoms with Crippen LogP contribution in [-0.2, 0) is 6.42 Å². The molecule has 29 heavy (non-hydrogen) atoms. The number of oxazole rings is 1. The first-order valence-corrected chi connectivity index (χ1v) is 9.04. The lowest BCUT2D eigenvalue weighted by Crippen LogP contribution is -2.41. The Balaban J connectivity index is 1.66. The molecule has 0 bridgehead atoms. The standard InChI is InChI=1S/C19H16F2N6O2/c1-10-12-4-2-3-6-27(12)25-13(10)16-14-11(22-8-23-14)5-7-26(16)19(28)17-15(18(20)21)24-9-29-17/h2-4,6,8-9,16,18H,5,7H2,1H3,(H,22,23). The van der Waals surface area contributed by atoms with Crippen molar-refractivity contribution in [1.29, 1.82) is 0 Å². The summed E-state index contributed by atoms with van der Waals surface area (Å²) < 4.78 is 33.3. The number of hydrogen-bond donors (Lipinski definition) is 1. The van der Waals surface area contributed by atoms with Gasteiger partial charge in [-0.1, -0.05) is 6.07 Å². The van der Waals surface area contributed by atoms with Crippen LogP contribution in [0, 0.1) is 6.92 Å². The molecule has 0 spiro atoms. The molecule has 1 amide bonds. The zero-order chi connectivity index (χ0) is 20.1. The number of alkyl halides is 2. The van der Waals surface area contributed by atoms with E-state index in [-0.39, 0.29) is 0 Å². The predicted octanol–water partition coefficient (Wildman–Crippen LogP) is 3.08. The van der Waals surface area contributed by atoms with Crippen molar-refractivity contribution < 1.29 is 18.0 Å². The van der Waals surface area contributed by atoms with Gasteiger partial charge in [-0.25, -0.2) is 23.3 Å². The number of hydrogen-bond acceptors (Lipinski definition) is 5. The van der Waals surface area contributed by atoms with E-state index >= 15 is 0 Å². The van der Waals surface area contributed by atoms with E-state index in [1.54, 1.807) is 10.8 Å². The van der Waals surface area contributed by atoms with Gasteiger partial charge in [-0.3, -0.25) is 4.79 Å². The Morgan fingerprint density at radius 1 is 1.31 bits per heavy atom. The van der Waals surface area contributed by atoms with Crippen LogP contribution in [0.25, 0.3) is 5.52 Å². The Morgan fingerprint density at radius 2 is 2.17 bits per heavy atom. The van der Waals surface area contributed by atoms with Crippen molar-refractivity contribution in [1.82, 2.24) is 29.5 Å². The molecule has 8 nitrogen and oxygen atoms in total. The third-order valence-corrected chi connectivity index (χ3v) is 5.26. The van der Waals surface area contributed by atoms with Crippen LogP contribution in [0.5, 0.6) is 0 Å². The number of H-pyrrole nitrogens is 1. The van der Waals surface area contributed by atoms with Crippen molar-refractivity contribution in [3.63, 3.8) is 0 Å². The van der Waals surface area contributed by atoms with E-state index in [2.05, 4.69) is 20.1 Å².